The van der Waals surface area contributed by atoms with Crippen LogP contribution in [0.3, 0.4) is 0 Å². The third kappa shape index (κ3) is 1.99. The van der Waals surface area contributed by atoms with Crippen LogP contribution < -0.4 is 0 Å². The summed E-state index contributed by atoms with van der Waals surface area (Å²) in [5.74, 6) is 0.640. The first-order valence-electron chi connectivity index (χ1n) is 4.07. The molecule has 2 nitrogen and oxygen atoms in total. The molecule has 0 aromatic carbocycles. The van der Waals surface area contributed by atoms with Gasteiger partial charge in [-0.2, -0.15) is 0 Å². The van der Waals surface area contributed by atoms with E-state index in [0.29, 0.717) is 12.0 Å². The van der Waals surface area contributed by atoms with Gasteiger partial charge in [0.25, 0.3) is 0 Å². The SMILES string of the molecule is CC1CCCCC1OBO. The smallest absolute Gasteiger partial charge is 0.430 e. The van der Waals surface area contributed by atoms with Crippen molar-refractivity contribution in [2.24, 2.45) is 5.92 Å². The van der Waals surface area contributed by atoms with Crippen molar-refractivity contribution in [3.63, 3.8) is 0 Å². The Hall–Kier alpha value is -0.0151. The van der Waals surface area contributed by atoms with Gasteiger partial charge in [0.05, 0.1) is 0 Å². The van der Waals surface area contributed by atoms with Crippen LogP contribution in [0.5, 0.6) is 0 Å². The minimum atomic E-state index is -0.116. The maximum atomic E-state index is 8.51. The Morgan fingerprint density at radius 2 is 2.10 bits per heavy atom. The number of hydrogen-bond acceptors (Lipinski definition) is 2. The van der Waals surface area contributed by atoms with E-state index in [0.717, 1.165) is 6.42 Å². The third-order valence-corrected chi connectivity index (χ3v) is 2.32. The molecule has 0 saturated heterocycles. The summed E-state index contributed by atoms with van der Waals surface area (Å²) in [5.41, 5.74) is 0. The summed E-state index contributed by atoms with van der Waals surface area (Å²) < 4.78 is 5.15. The standard InChI is InChI=1S/C7H15BO2/c1-6-4-2-3-5-7(6)10-8-9/h6-9H,2-5H2,1H3. The fraction of sp³-hybridized carbons (Fsp3) is 1.00. The van der Waals surface area contributed by atoms with E-state index < -0.39 is 0 Å². The van der Waals surface area contributed by atoms with Gasteiger partial charge in [0.2, 0.25) is 0 Å². The predicted molar refractivity (Wildman–Crippen MR) is 41.9 cm³/mol. The Bertz CT molecular complexity index is 95.6. The molecule has 10 heavy (non-hydrogen) atoms. The molecule has 0 aliphatic heterocycles. The summed E-state index contributed by atoms with van der Waals surface area (Å²) in [6, 6.07) is 0. The van der Waals surface area contributed by atoms with Crippen molar-refractivity contribution < 1.29 is 9.68 Å². The lowest BCUT2D eigenvalue weighted by Crippen LogP contribution is -2.26. The molecule has 1 N–H and O–H groups in total. The molecular formula is C7H15BO2. The zero-order valence-electron chi connectivity index (χ0n) is 6.55. The first-order chi connectivity index (χ1) is 4.84. The van der Waals surface area contributed by atoms with E-state index in [1.165, 1.54) is 19.3 Å². The Balaban J connectivity index is 2.25. The van der Waals surface area contributed by atoms with Crippen molar-refractivity contribution in [3.05, 3.63) is 0 Å². The molecule has 1 aliphatic rings. The maximum absolute atomic E-state index is 8.51. The fourth-order valence-electron chi connectivity index (χ4n) is 1.63. The Kier molecular flexibility index (Phi) is 3.22. The molecule has 58 valence electrons. The summed E-state index contributed by atoms with van der Waals surface area (Å²) in [4.78, 5) is 0. The lowest BCUT2D eigenvalue weighted by molar-refractivity contribution is 0.0915. The Morgan fingerprint density at radius 3 is 2.70 bits per heavy atom. The highest BCUT2D eigenvalue weighted by Crippen LogP contribution is 2.25. The zero-order valence-corrected chi connectivity index (χ0v) is 6.55. The van der Waals surface area contributed by atoms with Gasteiger partial charge in [-0.25, -0.2) is 0 Å². The molecule has 1 fully saturated rings. The highest BCUT2D eigenvalue weighted by atomic mass is 16.5. The van der Waals surface area contributed by atoms with Crippen molar-refractivity contribution in [2.45, 2.75) is 38.7 Å². The highest BCUT2D eigenvalue weighted by Gasteiger charge is 2.20. The maximum Gasteiger partial charge on any atom is 0.435 e. The van der Waals surface area contributed by atoms with Crippen molar-refractivity contribution in [1.82, 2.24) is 0 Å². The third-order valence-electron chi connectivity index (χ3n) is 2.32. The topological polar surface area (TPSA) is 29.5 Å². The molecule has 0 radical (unpaired) electrons. The van der Waals surface area contributed by atoms with Gasteiger partial charge in [-0.1, -0.05) is 19.8 Å². The second-order valence-corrected chi connectivity index (χ2v) is 3.10. The Labute approximate surface area is 62.9 Å². The van der Waals surface area contributed by atoms with E-state index in [2.05, 4.69) is 6.92 Å². The molecule has 0 aromatic rings. The van der Waals surface area contributed by atoms with Crippen molar-refractivity contribution in [1.29, 1.82) is 0 Å². The van der Waals surface area contributed by atoms with Crippen molar-refractivity contribution >= 4 is 7.69 Å². The summed E-state index contributed by atoms with van der Waals surface area (Å²) in [6.07, 6.45) is 5.28. The van der Waals surface area contributed by atoms with Crippen LogP contribution in [0.2, 0.25) is 0 Å². The summed E-state index contributed by atoms with van der Waals surface area (Å²) in [5, 5.41) is 8.51. The molecule has 1 rings (SSSR count). The molecule has 0 amide bonds. The molecular weight excluding hydrogens is 127 g/mol. The quantitative estimate of drug-likeness (QED) is 0.579. The van der Waals surface area contributed by atoms with Crippen LogP contribution in [0.25, 0.3) is 0 Å². The monoisotopic (exact) mass is 142 g/mol. The molecule has 1 aliphatic carbocycles. The van der Waals surface area contributed by atoms with Crippen LogP contribution in [-0.4, -0.2) is 18.8 Å². The minimum absolute atomic E-state index is 0.116. The predicted octanol–water partition coefficient (Wildman–Crippen LogP) is 0.840. The molecule has 1 saturated carbocycles. The van der Waals surface area contributed by atoms with Crippen LogP contribution in [0, 0.1) is 5.92 Å². The lowest BCUT2D eigenvalue weighted by Gasteiger charge is -2.28. The van der Waals surface area contributed by atoms with E-state index in [-0.39, 0.29) is 7.69 Å². The Morgan fingerprint density at radius 1 is 1.40 bits per heavy atom. The van der Waals surface area contributed by atoms with Gasteiger partial charge < -0.3 is 9.68 Å². The van der Waals surface area contributed by atoms with Gasteiger partial charge in [-0.05, 0) is 18.8 Å². The van der Waals surface area contributed by atoms with E-state index in [9.17, 15) is 0 Å². The largest absolute Gasteiger partial charge is 0.435 e. The molecule has 0 spiro atoms. The van der Waals surface area contributed by atoms with E-state index in [1.54, 1.807) is 0 Å². The van der Waals surface area contributed by atoms with E-state index in [4.69, 9.17) is 9.68 Å². The average Bonchev–Trinajstić information content (AvgIpc) is 1.94. The first-order valence-corrected chi connectivity index (χ1v) is 4.07. The average molecular weight is 142 g/mol. The summed E-state index contributed by atoms with van der Waals surface area (Å²) in [7, 11) is -0.116. The summed E-state index contributed by atoms with van der Waals surface area (Å²) in [6.45, 7) is 2.19. The fourth-order valence-corrected chi connectivity index (χ4v) is 1.63. The van der Waals surface area contributed by atoms with Crippen molar-refractivity contribution in [3.8, 4) is 0 Å². The van der Waals surface area contributed by atoms with Gasteiger partial charge in [0.15, 0.2) is 0 Å². The lowest BCUT2D eigenvalue weighted by atomic mass is 9.87. The van der Waals surface area contributed by atoms with Crippen LogP contribution in [-0.2, 0) is 4.65 Å². The second-order valence-electron chi connectivity index (χ2n) is 3.10. The zero-order chi connectivity index (χ0) is 7.40. The van der Waals surface area contributed by atoms with Gasteiger partial charge in [-0.3, -0.25) is 0 Å². The van der Waals surface area contributed by atoms with Gasteiger partial charge >= 0.3 is 7.69 Å². The molecule has 0 heterocycles. The number of hydrogen-bond donors (Lipinski definition) is 1. The normalized spacial score (nSPS) is 33.8. The molecule has 0 bridgehead atoms. The van der Waals surface area contributed by atoms with Crippen LogP contribution in [0.4, 0.5) is 0 Å². The van der Waals surface area contributed by atoms with Gasteiger partial charge in [0, 0.05) is 6.10 Å². The minimum Gasteiger partial charge on any atom is -0.430 e. The van der Waals surface area contributed by atoms with Crippen LogP contribution in [0.15, 0.2) is 0 Å². The summed E-state index contributed by atoms with van der Waals surface area (Å²) >= 11 is 0. The molecule has 3 heteroatoms. The number of rotatable bonds is 2. The second kappa shape index (κ2) is 3.99. The first kappa shape index (κ1) is 8.09. The van der Waals surface area contributed by atoms with Crippen LogP contribution >= 0.6 is 0 Å². The van der Waals surface area contributed by atoms with Gasteiger partial charge in [-0.15, -0.1) is 0 Å². The molecule has 0 aromatic heterocycles. The molecule has 2 atom stereocenters. The molecule has 2 unspecified atom stereocenters. The van der Waals surface area contributed by atoms with Gasteiger partial charge in [0.1, 0.15) is 0 Å². The van der Waals surface area contributed by atoms with Crippen molar-refractivity contribution in [2.75, 3.05) is 0 Å². The van der Waals surface area contributed by atoms with Crippen LogP contribution in [0.1, 0.15) is 32.6 Å². The van der Waals surface area contributed by atoms with E-state index in [1.807, 2.05) is 0 Å². The van der Waals surface area contributed by atoms with E-state index >= 15 is 0 Å². The highest BCUT2D eigenvalue weighted by molar-refractivity contribution is 6.15.